The first kappa shape index (κ1) is 3.90. The lowest BCUT2D eigenvalue weighted by molar-refractivity contribution is 0.860. The van der Waals surface area contributed by atoms with Crippen molar-refractivity contribution >= 4 is 15.9 Å². The summed E-state index contributed by atoms with van der Waals surface area (Å²) in [6, 6.07) is 0. The van der Waals surface area contributed by atoms with Crippen molar-refractivity contribution in [3.05, 3.63) is 11.5 Å². The van der Waals surface area contributed by atoms with E-state index in [1.54, 1.807) is 0 Å². The molecule has 2 atom stereocenters. The van der Waals surface area contributed by atoms with Gasteiger partial charge in [0.25, 0.3) is 0 Å². The SMILES string of the molecule is C1=CS2=C[C@H]1CC2. The molecule has 2 aliphatic rings. The minimum absolute atomic E-state index is 0.634. The molecule has 0 aromatic heterocycles. The van der Waals surface area contributed by atoms with Gasteiger partial charge >= 0.3 is 0 Å². The molecule has 1 heteroatoms. The fourth-order valence-electron chi connectivity index (χ4n) is 1.09. The first-order valence-electron chi connectivity index (χ1n) is 2.67. The maximum absolute atomic E-state index is 2.47. The molecule has 0 saturated carbocycles. The van der Waals surface area contributed by atoms with Crippen molar-refractivity contribution < 1.29 is 0 Å². The topological polar surface area (TPSA) is 0 Å². The molecule has 0 aromatic carbocycles. The van der Waals surface area contributed by atoms with Gasteiger partial charge in [-0.15, -0.1) is 0 Å². The summed E-state index contributed by atoms with van der Waals surface area (Å²) in [5, 5.41) is 4.83. The summed E-state index contributed by atoms with van der Waals surface area (Å²) < 4.78 is 0. The Balaban J connectivity index is 2.44. The van der Waals surface area contributed by atoms with Crippen LogP contribution in [0.15, 0.2) is 11.5 Å². The summed E-state index contributed by atoms with van der Waals surface area (Å²) in [6.07, 6.45) is 3.77. The molecule has 38 valence electrons. The molecule has 0 spiro atoms. The largest absolute Gasteiger partial charge is 0.166 e. The zero-order valence-corrected chi connectivity index (χ0v) is 4.95. The van der Waals surface area contributed by atoms with Crippen LogP contribution in [0.25, 0.3) is 0 Å². The van der Waals surface area contributed by atoms with Gasteiger partial charge in [0, 0.05) is 5.92 Å². The van der Waals surface area contributed by atoms with Crippen LogP contribution >= 0.6 is 10.5 Å². The molecule has 0 radical (unpaired) electrons. The molecule has 2 bridgehead atoms. The van der Waals surface area contributed by atoms with Crippen LogP contribution in [-0.4, -0.2) is 11.1 Å². The lowest BCUT2D eigenvalue weighted by Crippen LogP contribution is -1.89. The van der Waals surface area contributed by atoms with Crippen molar-refractivity contribution in [1.29, 1.82) is 0 Å². The van der Waals surface area contributed by atoms with Crippen molar-refractivity contribution in [2.24, 2.45) is 5.92 Å². The number of hydrogen-bond acceptors (Lipinski definition) is 0. The molecule has 0 aliphatic carbocycles. The molecule has 2 rings (SSSR count). The van der Waals surface area contributed by atoms with E-state index >= 15 is 0 Å². The summed E-state index contributed by atoms with van der Waals surface area (Å²) >= 11 is 0. The molecule has 0 saturated heterocycles. The van der Waals surface area contributed by atoms with Gasteiger partial charge in [-0.25, -0.2) is 0 Å². The fourth-order valence-corrected chi connectivity index (χ4v) is 3.08. The number of hydrogen-bond donors (Lipinski definition) is 0. The van der Waals surface area contributed by atoms with E-state index in [1.807, 2.05) is 0 Å². The maximum Gasteiger partial charge on any atom is 0.00201 e. The Labute approximate surface area is 46.2 Å². The Bertz CT molecular complexity index is 144. The summed E-state index contributed by atoms with van der Waals surface area (Å²) in [4.78, 5) is 0. The first-order valence-corrected chi connectivity index (χ1v) is 4.19. The third-order valence-corrected chi connectivity index (χ3v) is 3.45. The van der Waals surface area contributed by atoms with Gasteiger partial charge < -0.3 is 0 Å². The quantitative estimate of drug-likeness (QED) is 0.418. The Morgan fingerprint density at radius 2 is 2.57 bits per heavy atom. The van der Waals surface area contributed by atoms with Crippen LogP contribution in [0, 0.1) is 5.92 Å². The number of allylic oxidation sites excluding steroid dienone is 1. The molecular weight excluding hydrogens is 104 g/mol. The van der Waals surface area contributed by atoms with Crippen molar-refractivity contribution in [3.63, 3.8) is 0 Å². The first-order chi connectivity index (χ1) is 3.45. The molecule has 2 aliphatic heterocycles. The highest BCUT2D eigenvalue weighted by molar-refractivity contribution is 8.18. The average molecular weight is 112 g/mol. The molecule has 1 unspecified atom stereocenters. The predicted molar refractivity (Wildman–Crippen MR) is 35.8 cm³/mol. The lowest BCUT2D eigenvalue weighted by atomic mass is 10.1. The second-order valence-corrected chi connectivity index (χ2v) is 3.98. The molecule has 2 heterocycles. The van der Waals surface area contributed by atoms with Crippen LogP contribution in [0.4, 0.5) is 0 Å². The lowest BCUT2D eigenvalue weighted by Gasteiger charge is -1.98. The highest BCUT2D eigenvalue weighted by atomic mass is 32.2. The van der Waals surface area contributed by atoms with E-state index in [2.05, 4.69) is 16.9 Å². The van der Waals surface area contributed by atoms with Gasteiger partial charge in [0.1, 0.15) is 0 Å². The van der Waals surface area contributed by atoms with Gasteiger partial charge in [0.15, 0.2) is 0 Å². The van der Waals surface area contributed by atoms with Gasteiger partial charge in [-0.05, 0) is 17.6 Å². The third-order valence-electron chi connectivity index (χ3n) is 1.54. The summed E-state index contributed by atoms with van der Waals surface area (Å²) in [7, 11) is 0.634. The zero-order chi connectivity index (χ0) is 4.69. The van der Waals surface area contributed by atoms with Crippen molar-refractivity contribution in [3.8, 4) is 0 Å². The highest BCUT2D eigenvalue weighted by Crippen LogP contribution is 2.33. The van der Waals surface area contributed by atoms with Gasteiger partial charge in [0.05, 0.1) is 0 Å². The Morgan fingerprint density at radius 3 is 2.71 bits per heavy atom. The number of rotatable bonds is 0. The molecule has 0 aromatic rings. The molecule has 0 nitrogen and oxygen atoms in total. The van der Waals surface area contributed by atoms with Gasteiger partial charge in [0.2, 0.25) is 0 Å². The van der Waals surface area contributed by atoms with Gasteiger partial charge in [-0.3, -0.25) is 0 Å². The minimum Gasteiger partial charge on any atom is -0.166 e. The van der Waals surface area contributed by atoms with Crippen LogP contribution in [-0.2, 0) is 0 Å². The van der Waals surface area contributed by atoms with E-state index in [9.17, 15) is 0 Å². The van der Waals surface area contributed by atoms with Crippen LogP contribution in [0.1, 0.15) is 6.42 Å². The highest BCUT2D eigenvalue weighted by Gasteiger charge is 2.14. The normalized spacial score (nSPS) is 44.6. The van der Waals surface area contributed by atoms with Crippen LogP contribution in [0.5, 0.6) is 0 Å². The second-order valence-electron chi connectivity index (χ2n) is 2.09. The van der Waals surface area contributed by atoms with Crippen molar-refractivity contribution in [2.45, 2.75) is 6.42 Å². The summed E-state index contributed by atoms with van der Waals surface area (Å²) in [6.45, 7) is 0. The zero-order valence-electron chi connectivity index (χ0n) is 4.13. The standard InChI is InChI=1S/C6H8S/c1-3-7-4-2-6(1)5-7/h1,3,5-6H,2,4H2/t6-,7?/m1/s1. The van der Waals surface area contributed by atoms with Crippen molar-refractivity contribution in [2.75, 3.05) is 5.75 Å². The number of fused-ring (bicyclic) bond motifs is 1. The van der Waals surface area contributed by atoms with Crippen molar-refractivity contribution in [1.82, 2.24) is 0 Å². The van der Waals surface area contributed by atoms with E-state index in [0.29, 0.717) is 10.5 Å². The monoisotopic (exact) mass is 112 g/mol. The minimum atomic E-state index is 0.634. The summed E-state index contributed by atoms with van der Waals surface area (Å²) in [5.41, 5.74) is 0. The van der Waals surface area contributed by atoms with Gasteiger partial charge in [-0.2, -0.15) is 10.5 Å². The second kappa shape index (κ2) is 1.22. The summed E-state index contributed by atoms with van der Waals surface area (Å²) in [5.74, 6) is 2.32. The molecule has 0 amide bonds. The van der Waals surface area contributed by atoms with E-state index in [0.717, 1.165) is 5.92 Å². The molecule has 0 N–H and O–H groups in total. The fraction of sp³-hybridized carbons (Fsp3) is 0.500. The van der Waals surface area contributed by atoms with E-state index < -0.39 is 0 Å². The Kier molecular flexibility index (Phi) is 0.680. The average Bonchev–Trinajstić information content (AvgIpc) is 2.22. The molecule has 7 heavy (non-hydrogen) atoms. The van der Waals surface area contributed by atoms with E-state index in [1.165, 1.54) is 12.2 Å². The van der Waals surface area contributed by atoms with Gasteiger partial charge in [-0.1, -0.05) is 11.4 Å². The molecular formula is C6H8S. The third kappa shape index (κ3) is 0.480. The van der Waals surface area contributed by atoms with Crippen LogP contribution in [0.2, 0.25) is 0 Å². The van der Waals surface area contributed by atoms with E-state index in [4.69, 9.17) is 0 Å². The van der Waals surface area contributed by atoms with Crippen LogP contribution < -0.4 is 0 Å². The van der Waals surface area contributed by atoms with Crippen LogP contribution in [0.3, 0.4) is 0 Å². The predicted octanol–water partition coefficient (Wildman–Crippen LogP) is 1.60. The smallest absolute Gasteiger partial charge is 0.00201 e. The Morgan fingerprint density at radius 1 is 1.57 bits per heavy atom. The Hall–Kier alpha value is -0.0400. The molecule has 0 fully saturated rings. The van der Waals surface area contributed by atoms with E-state index in [-0.39, 0.29) is 0 Å². The maximum atomic E-state index is 2.47.